The molecule has 2 unspecified atom stereocenters. The molecule has 3 rings (SSSR count). The Labute approximate surface area is 123 Å². The molecule has 2 aromatic carbocycles. The van der Waals surface area contributed by atoms with E-state index in [1.54, 1.807) is 8.70 Å². The molecule has 0 spiro atoms. The van der Waals surface area contributed by atoms with Crippen LogP contribution in [0.2, 0.25) is 0 Å². The van der Waals surface area contributed by atoms with Crippen LogP contribution >= 0.6 is 0 Å². The standard InChI is InChI=1S/C12H10As2Se3/c1-3-7-11(8-4-1)13-15-14(17-16-13)12-9-5-2-6-10-12/h1-10H. The summed E-state index contributed by atoms with van der Waals surface area (Å²) in [5.74, 6) is 0. The predicted octanol–water partition coefficient (Wildman–Crippen LogP) is -0.182. The van der Waals surface area contributed by atoms with Crippen LogP contribution in [0.1, 0.15) is 0 Å². The molecule has 1 fully saturated rings. The zero-order valence-electron chi connectivity index (χ0n) is 8.89. The van der Waals surface area contributed by atoms with E-state index in [2.05, 4.69) is 60.7 Å². The zero-order chi connectivity index (χ0) is 11.5. The van der Waals surface area contributed by atoms with Crippen molar-refractivity contribution in [2.45, 2.75) is 0 Å². The van der Waals surface area contributed by atoms with Gasteiger partial charge in [0, 0.05) is 0 Å². The molecule has 0 aliphatic carbocycles. The summed E-state index contributed by atoms with van der Waals surface area (Å²) in [5, 5.41) is 0. The van der Waals surface area contributed by atoms with Gasteiger partial charge in [-0.15, -0.1) is 0 Å². The molecule has 0 amide bonds. The fourth-order valence-electron chi connectivity index (χ4n) is 1.43. The molecule has 0 nitrogen and oxygen atoms in total. The fraction of sp³-hybridized carbons (Fsp3) is 0. The van der Waals surface area contributed by atoms with Gasteiger partial charge in [0.25, 0.3) is 0 Å². The van der Waals surface area contributed by atoms with Gasteiger partial charge in [0.1, 0.15) is 0 Å². The molecule has 5 heteroatoms. The van der Waals surface area contributed by atoms with E-state index in [4.69, 9.17) is 0 Å². The molecule has 1 aliphatic rings. The minimum atomic E-state index is -0.521. The Bertz CT molecular complexity index is 432. The van der Waals surface area contributed by atoms with Crippen molar-refractivity contribution < 1.29 is 0 Å². The SMILES string of the molecule is c1ccc([As]2[Se][Se][As](c3ccccc3)[Se]2)cc1. The Hall–Kier alpha value is 1.12. The zero-order valence-corrected chi connectivity index (χ0v) is 17.8. The first-order valence-corrected chi connectivity index (χ1v) is 30.4. The molecule has 0 saturated carbocycles. The van der Waals surface area contributed by atoms with Crippen molar-refractivity contribution in [1.29, 1.82) is 0 Å². The molecule has 1 aliphatic heterocycles. The molecule has 2 atom stereocenters. The average molecular weight is 541 g/mol. The molecule has 0 N–H and O–H groups in total. The van der Waals surface area contributed by atoms with Crippen LogP contribution in [0.3, 0.4) is 0 Å². The predicted molar refractivity (Wildman–Crippen MR) is 80.9 cm³/mol. The summed E-state index contributed by atoms with van der Waals surface area (Å²) in [5.41, 5.74) is 0. The van der Waals surface area contributed by atoms with Crippen molar-refractivity contribution in [1.82, 2.24) is 0 Å². The maximum absolute atomic E-state index is 2.41. The van der Waals surface area contributed by atoms with E-state index in [1.165, 1.54) is 0 Å². The average Bonchev–Trinajstić information content (AvgIpc) is 2.90. The molecular weight excluding hydrogens is 531 g/mol. The molecular formula is C12H10As2Se3. The summed E-state index contributed by atoms with van der Waals surface area (Å²) < 4.78 is 3.55. The molecule has 2 aromatic rings. The third-order valence-corrected chi connectivity index (χ3v) is 153. The van der Waals surface area contributed by atoms with Crippen molar-refractivity contribution in [2.75, 3.05) is 0 Å². The number of benzene rings is 2. The summed E-state index contributed by atoms with van der Waals surface area (Å²) in [4.78, 5) is 0. The van der Waals surface area contributed by atoms with Crippen LogP contribution in [-0.2, 0) is 0 Å². The Kier molecular flexibility index (Phi) is 5.03. The van der Waals surface area contributed by atoms with Gasteiger partial charge < -0.3 is 0 Å². The van der Waals surface area contributed by atoms with Crippen LogP contribution in [0.5, 0.6) is 0 Å². The summed E-state index contributed by atoms with van der Waals surface area (Å²) in [6, 6.07) is 22.9. The second kappa shape index (κ2) is 6.52. The monoisotopic (exact) mass is 544 g/mol. The van der Waals surface area contributed by atoms with Crippen molar-refractivity contribution >= 4 is 63.7 Å². The topological polar surface area (TPSA) is 0 Å². The van der Waals surface area contributed by atoms with Gasteiger partial charge in [-0.25, -0.2) is 0 Å². The van der Waals surface area contributed by atoms with Gasteiger partial charge in [0.2, 0.25) is 0 Å². The summed E-state index contributed by atoms with van der Waals surface area (Å²) in [6.07, 6.45) is 0. The van der Waals surface area contributed by atoms with E-state index < -0.39 is 21.8 Å². The van der Waals surface area contributed by atoms with Gasteiger partial charge in [-0.05, 0) is 0 Å². The van der Waals surface area contributed by atoms with E-state index in [0.717, 1.165) is 33.2 Å². The number of hydrogen-bond donors (Lipinski definition) is 0. The van der Waals surface area contributed by atoms with E-state index >= 15 is 0 Å². The van der Waals surface area contributed by atoms with Crippen LogP contribution in [0.4, 0.5) is 0 Å². The van der Waals surface area contributed by atoms with Crippen molar-refractivity contribution in [3.8, 4) is 0 Å². The fourth-order valence-corrected chi connectivity index (χ4v) is 343. The van der Waals surface area contributed by atoms with Crippen molar-refractivity contribution in [3.05, 3.63) is 60.7 Å². The maximum atomic E-state index is 2.41. The van der Waals surface area contributed by atoms with Gasteiger partial charge in [0.15, 0.2) is 0 Å². The first-order chi connectivity index (χ1) is 8.43. The summed E-state index contributed by atoms with van der Waals surface area (Å²) >= 11 is 2.13. The molecule has 86 valence electrons. The first kappa shape index (κ1) is 13.1. The second-order valence-electron chi connectivity index (χ2n) is 3.42. The van der Waals surface area contributed by atoms with Gasteiger partial charge in [-0.3, -0.25) is 0 Å². The van der Waals surface area contributed by atoms with Gasteiger partial charge in [0.05, 0.1) is 0 Å². The van der Waals surface area contributed by atoms with Crippen molar-refractivity contribution in [2.24, 2.45) is 0 Å². The summed E-state index contributed by atoms with van der Waals surface area (Å²) in [7, 11) is 0.0162. The van der Waals surface area contributed by atoms with E-state index in [1.807, 2.05) is 0 Å². The van der Waals surface area contributed by atoms with Crippen LogP contribution in [0.15, 0.2) is 60.7 Å². The van der Waals surface area contributed by atoms with Crippen LogP contribution < -0.4 is 8.70 Å². The molecule has 0 radical (unpaired) electrons. The van der Waals surface area contributed by atoms with Crippen LogP contribution in [0.25, 0.3) is 0 Å². The third-order valence-electron chi connectivity index (χ3n) is 2.25. The van der Waals surface area contributed by atoms with Crippen molar-refractivity contribution in [3.63, 3.8) is 0 Å². The Morgan fingerprint density at radius 2 is 1.00 bits per heavy atom. The first-order valence-electron chi connectivity index (χ1n) is 5.17. The Balaban J connectivity index is 1.75. The molecule has 1 heterocycles. The van der Waals surface area contributed by atoms with E-state index in [-0.39, 0.29) is 0 Å². The van der Waals surface area contributed by atoms with Crippen LogP contribution in [-0.4, -0.2) is 55.0 Å². The normalized spacial score (nSPS) is 23.8. The molecule has 0 bridgehead atoms. The van der Waals surface area contributed by atoms with Gasteiger partial charge >= 0.3 is 124 Å². The van der Waals surface area contributed by atoms with E-state index in [9.17, 15) is 0 Å². The molecule has 0 aromatic heterocycles. The minimum absolute atomic E-state index is 0.521. The number of hydrogen-bond acceptors (Lipinski definition) is 0. The molecule has 17 heavy (non-hydrogen) atoms. The molecule has 1 saturated heterocycles. The number of rotatable bonds is 2. The quantitative estimate of drug-likeness (QED) is 0.464. The summed E-state index contributed by atoms with van der Waals surface area (Å²) in [6.45, 7) is 0. The van der Waals surface area contributed by atoms with Gasteiger partial charge in [-0.2, -0.15) is 0 Å². The third kappa shape index (κ3) is 3.36. The van der Waals surface area contributed by atoms with E-state index in [0.29, 0.717) is 0 Å². The Morgan fingerprint density at radius 3 is 1.41 bits per heavy atom. The van der Waals surface area contributed by atoms with Gasteiger partial charge in [-0.1, -0.05) is 0 Å². The second-order valence-corrected chi connectivity index (χ2v) is 68.0. The van der Waals surface area contributed by atoms with Crippen LogP contribution in [0, 0.1) is 0 Å². The Morgan fingerprint density at radius 1 is 0.588 bits per heavy atom.